The number of hydrogen-bond acceptors (Lipinski definition) is 10. The van der Waals surface area contributed by atoms with E-state index in [4.69, 9.17) is 0 Å². The van der Waals surface area contributed by atoms with Crippen LogP contribution in [0.5, 0.6) is 0 Å². The molecule has 0 aliphatic heterocycles. The van der Waals surface area contributed by atoms with Gasteiger partial charge >= 0.3 is 31.3 Å². The molecule has 0 aromatic heterocycles. The Bertz CT molecular complexity index is 526. The van der Waals surface area contributed by atoms with E-state index in [1.165, 1.54) is 0 Å². The largest absolute Gasteiger partial charge is 0.501 e. The molecule has 3 atom stereocenters. The normalized spacial score (nSPS) is 21.3. The summed E-state index contributed by atoms with van der Waals surface area (Å²) in [6.07, 6.45) is 0.780. The van der Waals surface area contributed by atoms with Gasteiger partial charge in [-0.25, -0.2) is 18.3 Å². The smallest absolute Gasteiger partial charge is 0.302 e. The van der Waals surface area contributed by atoms with Crippen molar-refractivity contribution in [2.24, 2.45) is 0 Å². The first-order valence-corrected chi connectivity index (χ1v) is 13.4. The lowest BCUT2D eigenvalue weighted by Crippen LogP contribution is -2.03. The van der Waals surface area contributed by atoms with E-state index >= 15 is 0 Å². The summed E-state index contributed by atoms with van der Waals surface area (Å²) in [5.41, 5.74) is 0. The molecule has 0 bridgehead atoms. The summed E-state index contributed by atoms with van der Waals surface area (Å²) in [6, 6.07) is 0. The van der Waals surface area contributed by atoms with Gasteiger partial charge in [-0.05, 0) is 19.3 Å². The van der Waals surface area contributed by atoms with Gasteiger partial charge in [-0.2, -0.15) is 12.9 Å². The van der Waals surface area contributed by atoms with Crippen molar-refractivity contribution in [3.8, 4) is 0 Å². The van der Waals surface area contributed by atoms with Gasteiger partial charge in [0, 0.05) is 0 Å². The van der Waals surface area contributed by atoms with Crippen molar-refractivity contribution in [1.82, 2.24) is 0 Å². The maximum absolute atomic E-state index is 12.4. The second-order valence-electron chi connectivity index (χ2n) is 4.60. The van der Waals surface area contributed by atoms with Gasteiger partial charge in [0.15, 0.2) is 0 Å². The Labute approximate surface area is 151 Å². The molecular weight excluding hydrogens is 440 g/mol. The summed E-state index contributed by atoms with van der Waals surface area (Å²) in [5.74, 6) is 0. The molecule has 0 amide bonds. The number of hydrogen-bond donors (Lipinski definition) is 3. The molecule has 13 nitrogen and oxygen atoms in total. The average Bonchev–Trinajstić information content (AvgIpc) is 2.46. The predicted molar refractivity (Wildman–Crippen MR) is 89.1 cm³/mol. The summed E-state index contributed by atoms with van der Waals surface area (Å²) in [4.78, 5) is 28.4. The highest BCUT2D eigenvalue weighted by Crippen LogP contribution is 2.75. The molecule has 0 saturated carbocycles. The van der Waals surface area contributed by atoms with Crippen LogP contribution in [0, 0.1) is 0 Å². The highest BCUT2D eigenvalue weighted by atomic mass is 31.3. The minimum atomic E-state index is -5.62. The van der Waals surface area contributed by atoms with Crippen molar-refractivity contribution < 1.29 is 59.4 Å². The van der Waals surface area contributed by atoms with Crippen LogP contribution in [0.15, 0.2) is 0 Å². The predicted octanol–water partition coefficient (Wildman–Crippen LogP) is 3.73. The Kier molecular flexibility index (Phi) is 11.8. The van der Waals surface area contributed by atoms with Crippen molar-refractivity contribution in [2.45, 2.75) is 40.0 Å². The van der Waals surface area contributed by atoms with E-state index in [9.17, 15) is 32.9 Å². The third-order valence-electron chi connectivity index (χ3n) is 1.99. The second kappa shape index (κ2) is 11.5. The zero-order valence-electron chi connectivity index (χ0n) is 14.5. The number of phosphoric acid groups is 4. The Balaban J connectivity index is 5.50. The Hall–Kier alpha value is 0.560. The van der Waals surface area contributed by atoms with Crippen LogP contribution in [0.2, 0.25) is 0 Å². The third kappa shape index (κ3) is 12.1. The zero-order chi connectivity index (χ0) is 20.5. The summed E-state index contributed by atoms with van der Waals surface area (Å²) in [6.45, 7) is 3.77. The highest BCUT2D eigenvalue weighted by molar-refractivity contribution is 7.71. The molecule has 0 radical (unpaired) electrons. The minimum absolute atomic E-state index is 0.260. The van der Waals surface area contributed by atoms with Crippen LogP contribution in [-0.4, -0.2) is 34.5 Å². The van der Waals surface area contributed by atoms with Gasteiger partial charge < -0.3 is 14.7 Å². The lowest BCUT2D eigenvalue weighted by Gasteiger charge is -2.22. The molecule has 3 unspecified atom stereocenters. The monoisotopic (exact) mass is 464 g/mol. The Morgan fingerprint density at radius 3 is 1.00 bits per heavy atom. The molecule has 0 saturated heterocycles. The van der Waals surface area contributed by atoms with E-state index in [1.54, 1.807) is 20.8 Å². The van der Waals surface area contributed by atoms with Gasteiger partial charge in [0.1, 0.15) is 0 Å². The van der Waals surface area contributed by atoms with E-state index in [2.05, 4.69) is 26.5 Å². The molecule has 0 rings (SSSR count). The van der Waals surface area contributed by atoms with Crippen molar-refractivity contribution in [2.75, 3.05) is 19.8 Å². The van der Waals surface area contributed by atoms with Gasteiger partial charge in [0.2, 0.25) is 0 Å². The van der Waals surface area contributed by atoms with Crippen LogP contribution >= 0.6 is 31.3 Å². The van der Waals surface area contributed by atoms with E-state index in [0.717, 1.165) is 0 Å². The molecule has 0 aliphatic carbocycles. The SMILES string of the molecule is CCCOP(=O)(O)OP(=O)(OP(=O)(O)OCCC)OP(=O)(O)OCCC. The van der Waals surface area contributed by atoms with Crippen LogP contribution in [0.25, 0.3) is 0 Å². The molecule has 0 aromatic rings. The summed E-state index contributed by atoms with van der Waals surface area (Å²) in [5, 5.41) is 0. The lowest BCUT2D eigenvalue weighted by atomic mass is 10.5. The third-order valence-corrected chi connectivity index (χ3v) is 8.39. The lowest BCUT2D eigenvalue weighted by molar-refractivity contribution is 0.144. The van der Waals surface area contributed by atoms with Crippen molar-refractivity contribution in [1.29, 1.82) is 0 Å². The zero-order valence-corrected chi connectivity index (χ0v) is 18.0. The molecule has 17 heteroatoms. The topological polar surface area (TPSA) is 184 Å². The number of phosphoric ester groups is 3. The fraction of sp³-hybridized carbons (Fsp3) is 1.00. The van der Waals surface area contributed by atoms with Gasteiger partial charge in [0.05, 0.1) is 19.8 Å². The van der Waals surface area contributed by atoms with Gasteiger partial charge in [-0.3, -0.25) is 13.6 Å². The van der Waals surface area contributed by atoms with E-state index in [-0.39, 0.29) is 39.1 Å². The summed E-state index contributed by atoms with van der Waals surface area (Å²) < 4.78 is 73.3. The van der Waals surface area contributed by atoms with Gasteiger partial charge in [0.25, 0.3) is 0 Å². The Morgan fingerprint density at radius 1 is 0.577 bits per heavy atom. The molecule has 0 aliphatic rings. The summed E-state index contributed by atoms with van der Waals surface area (Å²) in [7, 11) is -21.0. The molecule has 0 heterocycles. The maximum atomic E-state index is 12.4. The molecule has 0 fully saturated rings. The molecule has 3 N–H and O–H groups in total. The second-order valence-corrected chi connectivity index (χ2v) is 11.0. The van der Waals surface area contributed by atoms with E-state index < -0.39 is 31.3 Å². The molecule has 0 spiro atoms. The van der Waals surface area contributed by atoms with E-state index in [1.807, 2.05) is 0 Å². The minimum Gasteiger partial charge on any atom is -0.302 e. The van der Waals surface area contributed by atoms with Crippen LogP contribution in [0.1, 0.15) is 40.0 Å². The van der Waals surface area contributed by atoms with Gasteiger partial charge in [-0.15, -0.1) is 0 Å². The quantitative estimate of drug-likeness (QED) is 0.298. The van der Waals surface area contributed by atoms with Gasteiger partial charge in [-0.1, -0.05) is 20.8 Å². The molecular formula is C9H24O13P4. The summed E-state index contributed by atoms with van der Waals surface area (Å²) >= 11 is 0. The van der Waals surface area contributed by atoms with Crippen LogP contribution < -0.4 is 0 Å². The van der Waals surface area contributed by atoms with Crippen LogP contribution in [-0.2, 0) is 44.8 Å². The first-order chi connectivity index (χ1) is 11.8. The van der Waals surface area contributed by atoms with Crippen LogP contribution in [0.4, 0.5) is 0 Å². The highest BCUT2D eigenvalue weighted by Gasteiger charge is 2.49. The van der Waals surface area contributed by atoms with Crippen molar-refractivity contribution in [3.05, 3.63) is 0 Å². The molecule has 0 aromatic carbocycles. The maximum Gasteiger partial charge on any atom is 0.501 e. The van der Waals surface area contributed by atoms with Crippen molar-refractivity contribution in [3.63, 3.8) is 0 Å². The number of rotatable bonds is 15. The van der Waals surface area contributed by atoms with E-state index in [0.29, 0.717) is 0 Å². The van der Waals surface area contributed by atoms with Crippen LogP contribution in [0.3, 0.4) is 0 Å². The molecule has 26 heavy (non-hydrogen) atoms. The fourth-order valence-corrected chi connectivity index (χ4v) is 7.12. The van der Waals surface area contributed by atoms with Crippen molar-refractivity contribution >= 4 is 31.3 Å². The molecule has 158 valence electrons. The first kappa shape index (κ1) is 26.6. The Morgan fingerprint density at radius 2 is 0.808 bits per heavy atom. The first-order valence-electron chi connectivity index (χ1n) is 7.46. The average molecular weight is 464 g/mol. The fourth-order valence-electron chi connectivity index (χ4n) is 1.11. The standard InChI is InChI=1S/C9H24O13P4/c1-4-7-17-23(10,11)20-26(16,21-24(12,13)18-8-5-2)22-25(14,15)19-9-6-3/h4-9H2,1-3H3,(H,10,11)(H,12,13)(H,14,15).